The molecule has 1 aliphatic carbocycles. The van der Waals surface area contributed by atoms with E-state index >= 15 is 0 Å². The number of hydrogen-bond acceptors (Lipinski definition) is 4. The number of carbonyl (C=O) groups is 2. The van der Waals surface area contributed by atoms with Gasteiger partial charge in [0.25, 0.3) is 5.91 Å². The second-order valence-electron chi connectivity index (χ2n) is 6.60. The monoisotopic (exact) mass is 340 g/mol. The largest absolute Gasteiger partial charge is 0.451 e. The molecular weight excluding hydrogens is 316 g/mol. The molecule has 1 N–H and O–H groups in total. The summed E-state index contributed by atoms with van der Waals surface area (Å²) in [6.07, 6.45) is 4.67. The number of amides is 1. The van der Waals surface area contributed by atoms with Crippen molar-refractivity contribution in [3.63, 3.8) is 0 Å². The highest BCUT2D eigenvalue weighted by Crippen LogP contribution is 2.29. The summed E-state index contributed by atoms with van der Waals surface area (Å²) in [5, 5.41) is 12.1. The van der Waals surface area contributed by atoms with E-state index in [1.165, 1.54) is 12.5 Å². The summed E-state index contributed by atoms with van der Waals surface area (Å²) in [5.41, 5.74) is 0.601. The zero-order valence-electron chi connectivity index (χ0n) is 14.7. The number of nitriles is 1. The molecule has 5 heteroatoms. The summed E-state index contributed by atoms with van der Waals surface area (Å²) in [4.78, 5) is 24.0. The molecular formula is C20H24N2O3. The van der Waals surface area contributed by atoms with Gasteiger partial charge < -0.3 is 10.1 Å². The van der Waals surface area contributed by atoms with E-state index in [4.69, 9.17) is 10.00 Å². The first-order chi connectivity index (χ1) is 12.0. The van der Waals surface area contributed by atoms with Crippen LogP contribution < -0.4 is 5.32 Å². The van der Waals surface area contributed by atoms with Crippen LogP contribution in [0.2, 0.25) is 0 Å². The van der Waals surface area contributed by atoms with Crippen molar-refractivity contribution in [3.05, 3.63) is 41.5 Å². The lowest BCUT2D eigenvalue weighted by molar-refractivity contribution is -0.144. The van der Waals surface area contributed by atoms with Gasteiger partial charge in [-0.25, -0.2) is 4.79 Å². The van der Waals surface area contributed by atoms with E-state index in [0.717, 1.165) is 18.4 Å². The van der Waals surface area contributed by atoms with Crippen LogP contribution in [0.5, 0.6) is 0 Å². The summed E-state index contributed by atoms with van der Waals surface area (Å²) >= 11 is 0. The molecule has 0 bridgehead atoms. The first-order valence-electron chi connectivity index (χ1n) is 8.64. The average Bonchev–Trinajstić information content (AvgIpc) is 2.62. The standard InChI is InChI=1S/C20H24N2O3/c1-14-7-6-10-18(15(14)2)22-19(23)13-25-20(24)17(12-21)11-16-8-4-3-5-9-16/h3-5,8-9,11,14-15,18H,6-7,10,13H2,1-2H3,(H,22,23)/b17-11+/t14-,15-,18+/m1/s1. The van der Waals surface area contributed by atoms with Crippen molar-refractivity contribution in [1.82, 2.24) is 5.32 Å². The van der Waals surface area contributed by atoms with Crippen LogP contribution in [-0.2, 0) is 14.3 Å². The lowest BCUT2D eigenvalue weighted by atomic mass is 9.78. The van der Waals surface area contributed by atoms with Crippen molar-refractivity contribution in [2.24, 2.45) is 11.8 Å². The summed E-state index contributed by atoms with van der Waals surface area (Å²) in [7, 11) is 0. The first-order valence-corrected chi connectivity index (χ1v) is 8.64. The number of nitrogens with zero attached hydrogens (tertiary/aromatic N) is 1. The third-order valence-corrected chi connectivity index (χ3v) is 4.84. The van der Waals surface area contributed by atoms with Gasteiger partial charge >= 0.3 is 5.97 Å². The molecule has 1 saturated carbocycles. The maximum Gasteiger partial charge on any atom is 0.349 e. The van der Waals surface area contributed by atoms with Crippen molar-refractivity contribution < 1.29 is 14.3 Å². The number of hydrogen-bond donors (Lipinski definition) is 1. The molecule has 0 saturated heterocycles. The van der Waals surface area contributed by atoms with Crippen LogP contribution in [0.1, 0.15) is 38.7 Å². The number of benzene rings is 1. The van der Waals surface area contributed by atoms with Crippen LogP contribution in [0, 0.1) is 23.2 Å². The predicted octanol–water partition coefficient (Wildman–Crippen LogP) is 3.08. The van der Waals surface area contributed by atoms with Crippen LogP contribution in [0.25, 0.3) is 6.08 Å². The molecule has 5 nitrogen and oxygen atoms in total. The molecule has 0 heterocycles. The zero-order valence-corrected chi connectivity index (χ0v) is 14.7. The van der Waals surface area contributed by atoms with E-state index in [9.17, 15) is 9.59 Å². The molecule has 0 unspecified atom stereocenters. The summed E-state index contributed by atoms with van der Waals surface area (Å²) < 4.78 is 4.99. The molecule has 1 aliphatic rings. The fraction of sp³-hybridized carbons (Fsp3) is 0.450. The Hall–Kier alpha value is -2.61. The Morgan fingerprint density at radius 2 is 2.00 bits per heavy atom. The Kier molecular flexibility index (Phi) is 6.76. The van der Waals surface area contributed by atoms with Crippen molar-refractivity contribution >= 4 is 18.0 Å². The minimum atomic E-state index is -0.786. The molecule has 1 fully saturated rings. The third-order valence-electron chi connectivity index (χ3n) is 4.84. The summed E-state index contributed by atoms with van der Waals surface area (Å²) in [5.74, 6) is -0.135. The van der Waals surface area contributed by atoms with Crippen molar-refractivity contribution in [1.29, 1.82) is 5.26 Å². The quantitative estimate of drug-likeness (QED) is 0.507. The minimum absolute atomic E-state index is 0.116. The highest BCUT2D eigenvalue weighted by molar-refractivity contribution is 5.98. The van der Waals surface area contributed by atoms with Crippen molar-refractivity contribution in [3.8, 4) is 6.07 Å². The van der Waals surface area contributed by atoms with Crippen molar-refractivity contribution in [2.75, 3.05) is 6.61 Å². The molecule has 1 aromatic carbocycles. The Balaban J connectivity index is 1.87. The SMILES string of the molecule is C[C@@H]1[C@H](C)CCC[C@@H]1NC(=O)COC(=O)/C(C#N)=C/c1ccccc1. The lowest BCUT2D eigenvalue weighted by Crippen LogP contribution is -2.45. The van der Waals surface area contributed by atoms with Crippen LogP contribution >= 0.6 is 0 Å². The average molecular weight is 340 g/mol. The molecule has 0 aromatic heterocycles. The Morgan fingerprint density at radius 1 is 1.28 bits per heavy atom. The van der Waals surface area contributed by atoms with Gasteiger partial charge in [0, 0.05) is 6.04 Å². The van der Waals surface area contributed by atoms with Gasteiger partial charge in [0.15, 0.2) is 6.61 Å². The van der Waals surface area contributed by atoms with Gasteiger partial charge in [-0.1, -0.05) is 57.0 Å². The number of ether oxygens (including phenoxy) is 1. The van der Waals surface area contributed by atoms with E-state index in [1.54, 1.807) is 12.1 Å². The van der Waals surface area contributed by atoms with E-state index in [0.29, 0.717) is 11.8 Å². The zero-order chi connectivity index (χ0) is 18.2. The highest BCUT2D eigenvalue weighted by atomic mass is 16.5. The summed E-state index contributed by atoms with van der Waals surface area (Å²) in [6.45, 7) is 3.96. The van der Waals surface area contributed by atoms with Crippen LogP contribution in [-0.4, -0.2) is 24.5 Å². The third kappa shape index (κ3) is 5.46. The number of esters is 1. The van der Waals surface area contributed by atoms with Gasteiger partial charge in [-0.2, -0.15) is 5.26 Å². The number of nitrogens with one attached hydrogen (secondary N) is 1. The Morgan fingerprint density at radius 3 is 2.68 bits per heavy atom. The molecule has 0 radical (unpaired) electrons. The Bertz CT molecular complexity index is 676. The molecule has 1 amide bonds. The van der Waals surface area contributed by atoms with Crippen LogP contribution in [0.4, 0.5) is 0 Å². The van der Waals surface area contributed by atoms with Crippen LogP contribution in [0.15, 0.2) is 35.9 Å². The number of rotatable bonds is 5. The van der Waals surface area contributed by atoms with Crippen LogP contribution in [0.3, 0.4) is 0 Å². The fourth-order valence-electron chi connectivity index (χ4n) is 3.10. The van der Waals surface area contributed by atoms with E-state index in [-0.39, 0.29) is 24.1 Å². The van der Waals surface area contributed by atoms with E-state index in [2.05, 4.69) is 19.2 Å². The molecule has 0 aliphatic heterocycles. The van der Waals surface area contributed by atoms with Gasteiger partial charge in [0.1, 0.15) is 11.6 Å². The maximum absolute atomic E-state index is 12.0. The van der Waals surface area contributed by atoms with Crippen molar-refractivity contribution in [2.45, 2.75) is 39.2 Å². The molecule has 0 spiro atoms. The predicted molar refractivity (Wildman–Crippen MR) is 95.1 cm³/mol. The van der Waals surface area contributed by atoms with E-state index in [1.807, 2.05) is 24.3 Å². The second-order valence-corrected chi connectivity index (χ2v) is 6.60. The van der Waals surface area contributed by atoms with E-state index < -0.39 is 5.97 Å². The second kappa shape index (κ2) is 9.03. The van der Waals surface area contributed by atoms with Gasteiger partial charge in [-0.05, 0) is 29.9 Å². The van der Waals surface area contributed by atoms with Gasteiger partial charge in [-0.15, -0.1) is 0 Å². The first kappa shape index (κ1) is 18.7. The summed E-state index contributed by atoms with van der Waals surface area (Å²) in [6, 6.07) is 11.0. The van der Waals surface area contributed by atoms with Gasteiger partial charge in [0.05, 0.1) is 0 Å². The van der Waals surface area contributed by atoms with Gasteiger partial charge in [-0.3, -0.25) is 4.79 Å². The smallest absolute Gasteiger partial charge is 0.349 e. The Labute approximate surface area is 148 Å². The molecule has 132 valence electrons. The lowest BCUT2D eigenvalue weighted by Gasteiger charge is -2.34. The molecule has 3 atom stereocenters. The highest BCUT2D eigenvalue weighted by Gasteiger charge is 2.28. The molecule has 25 heavy (non-hydrogen) atoms. The molecule has 1 aromatic rings. The van der Waals surface area contributed by atoms with Gasteiger partial charge in [0.2, 0.25) is 0 Å². The molecule has 2 rings (SSSR count). The normalized spacial score (nSPS) is 23.4. The topological polar surface area (TPSA) is 79.2 Å². The minimum Gasteiger partial charge on any atom is -0.451 e. The maximum atomic E-state index is 12.0. The fourth-order valence-corrected chi connectivity index (χ4v) is 3.10. The number of carbonyl (C=O) groups excluding carboxylic acids is 2.